The number of aryl methyl sites for hydroxylation is 1. The van der Waals surface area contributed by atoms with Crippen LogP contribution in [0, 0.1) is 35.3 Å². The zero-order valence-electron chi connectivity index (χ0n) is 15.8. The van der Waals surface area contributed by atoms with E-state index in [1.807, 2.05) is 30.3 Å². The van der Waals surface area contributed by atoms with E-state index in [0.717, 1.165) is 16.6 Å². The highest BCUT2D eigenvalue weighted by Crippen LogP contribution is 2.33. The molecular weight excluding hydrogens is 368 g/mol. The van der Waals surface area contributed by atoms with Gasteiger partial charge in [-0.05, 0) is 49.7 Å². The van der Waals surface area contributed by atoms with E-state index in [1.165, 1.54) is 6.07 Å². The number of para-hydroxylation sites is 2. The van der Waals surface area contributed by atoms with Gasteiger partial charge in [-0.2, -0.15) is 5.26 Å². The molecule has 0 saturated heterocycles. The SMILES string of the molecule is Cc1cc(-c2ccc(C=C(C#N)c3nc4ccccc4[nH]3)o2)c(C)c([N+](=O)[O-])c1. The molecule has 29 heavy (non-hydrogen) atoms. The number of nitrogens with zero attached hydrogens (tertiary/aromatic N) is 3. The second-order valence-electron chi connectivity index (χ2n) is 6.69. The lowest BCUT2D eigenvalue weighted by atomic mass is 10.0. The molecule has 0 spiro atoms. The smallest absolute Gasteiger partial charge is 0.273 e. The number of benzene rings is 2. The zero-order chi connectivity index (χ0) is 20.5. The van der Waals surface area contributed by atoms with Crippen molar-refractivity contribution in [1.82, 2.24) is 9.97 Å². The molecule has 0 aliphatic rings. The minimum absolute atomic E-state index is 0.0495. The Balaban J connectivity index is 1.74. The van der Waals surface area contributed by atoms with Crippen LogP contribution in [0.3, 0.4) is 0 Å². The number of imidazole rings is 1. The standard InChI is InChI=1S/C22H16N4O3/c1-13-9-17(14(2)20(10-13)26(27)28)21-8-7-16(29-21)11-15(12-23)22-24-18-5-3-4-6-19(18)25-22/h3-11H,1-2H3,(H,24,25). The molecule has 0 amide bonds. The van der Waals surface area contributed by atoms with Gasteiger partial charge in [0, 0.05) is 23.3 Å². The van der Waals surface area contributed by atoms with Gasteiger partial charge in [0.1, 0.15) is 23.4 Å². The number of nitro benzene ring substituents is 1. The molecule has 0 saturated carbocycles. The summed E-state index contributed by atoms with van der Waals surface area (Å²) in [7, 11) is 0. The second kappa shape index (κ2) is 7.09. The van der Waals surface area contributed by atoms with Crippen LogP contribution in [0.4, 0.5) is 5.69 Å². The summed E-state index contributed by atoms with van der Waals surface area (Å²) in [6, 6.07) is 16.5. The minimum atomic E-state index is -0.398. The third kappa shape index (κ3) is 3.39. The van der Waals surface area contributed by atoms with Gasteiger partial charge in [-0.15, -0.1) is 0 Å². The normalized spacial score (nSPS) is 11.6. The van der Waals surface area contributed by atoms with Gasteiger partial charge < -0.3 is 9.40 Å². The van der Waals surface area contributed by atoms with E-state index < -0.39 is 4.92 Å². The summed E-state index contributed by atoms with van der Waals surface area (Å²) in [5.41, 5.74) is 3.94. The van der Waals surface area contributed by atoms with Gasteiger partial charge in [0.25, 0.3) is 5.69 Å². The Labute approximate surface area is 166 Å². The van der Waals surface area contributed by atoms with Gasteiger partial charge in [-0.3, -0.25) is 10.1 Å². The largest absolute Gasteiger partial charge is 0.457 e. The molecule has 0 aliphatic heterocycles. The maximum atomic E-state index is 11.3. The average molecular weight is 384 g/mol. The first-order chi connectivity index (χ1) is 14.0. The molecule has 0 fully saturated rings. The predicted molar refractivity (Wildman–Crippen MR) is 110 cm³/mol. The third-order valence-electron chi connectivity index (χ3n) is 4.67. The van der Waals surface area contributed by atoms with Gasteiger partial charge in [0.15, 0.2) is 0 Å². The van der Waals surface area contributed by atoms with Gasteiger partial charge in [-0.25, -0.2) is 4.98 Å². The number of hydrogen-bond donors (Lipinski definition) is 1. The van der Waals surface area contributed by atoms with E-state index in [2.05, 4.69) is 16.0 Å². The van der Waals surface area contributed by atoms with Crippen LogP contribution in [0.5, 0.6) is 0 Å². The summed E-state index contributed by atoms with van der Waals surface area (Å²) in [5.74, 6) is 1.41. The van der Waals surface area contributed by atoms with E-state index in [1.54, 1.807) is 32.1 Å². The Morgan fingerprint density at radius 2 is 2.03 bits per heavy atom. The Morgan fingerprint density at radius 1 is 1.24 bits per heavy atom. The number of aromatic nitrogens is 2. The number of H-pyrrole nitrogens is 1. The number of nitro groups is 1. The molecule has 2 heterocycles. The van der Waals surface area contributed by atoms with Crippen LogP contribution < -0.4 is 0 Å². The second-order valence-corrected chi connectivity index (χ2v) is 6.69. The van der Waals surface area contributed by atoms with Crippen molar-refractivity contribution in [3.8, 4) is 17.4 Å². The van der Waals surface area contributed by atoms with Crippen LogP contribution in [0.2, 0.25) is 0 Å². The first kappa shape index (κ1) is 18.2. The highest BCUT2D eigenvalue weighted by Gasteiger charge is 2.18. The number of nitriles is 1. The molecule has 2 aromatic carbocycles. The number of rotatable bonds is 4. The number of hydrogen-bond acceptors (Lipinski definition) is 5. The molecule has 4 aromatic rings. The Bertz CT molecular complexity index is 1290. The van der Waals surface area contributed by atoms with Crippen molar-refractivity contribution in [2.24, 2.45) is 0 Å². The fourth-order valence-electron chi connectivity index (χ4n) is 3.24. The summed E-state index contributed by atoms with van der Waals surface area (Å²) >= 11 is 0. The lowest BCUT2D eigenvalue weighted by Gasteiger charge is -2.05. The quantitative estimate of drug-likeness (QED) is 0.287. The summed E-state index contributed by atoms with van der Waals surface area (Å²) in [4.78, 5) is 18.5. The van der Waals surface area contributed by atoms with Crippen LogP contribution in [-0.4, -0.2) is 14.9 Å². The van der Waals surface area contributed by atoms with E-state index in [4.69, 9.17) is 4.42 Å². The monoisotopic (exact) mass is 384 g/mol. The van der Waals surface area contributed by atoms with Crippen molar-refractivity contribution in [2.45, 2.75) is 13.8 Å². The van der Waals surface area contributed by atoms with Crippen molar-refractivity contribution in [3.05, 3.63) is 81.4 Å². The van der Waals surface area contributed by atoms with Crippen LogP contribution in [-0.2, 0) is 0 Å². The molecule has 7 heteroatoms. The summed E-state index contributed by atoms with van der Waals surface area (Å²) in [5, 5.41) is 20.9. The van der Waals surface area contributed by atoms with Crippen LogP contribution in [0.25, 0.3) is 34.0 Å². The Hall–Kier alpha value is -4.18. The molecule has 0 atom stereocenters. The fraction of sp³-hybridized carbons (Fsp3) is 0.0909. The predicted octanol–water partition coefficient (Wildman–Crippen LogP) is 5.41. The van der Waals surface area contributed by atoms with Crippen molar-refractivity contribution in [1.29, 1.82) is 5.26 Å². The number of fused-ring (bicyclic) bond motifs is 1. The fourth-order valence-corrected chi connectivity index (χ4v) is 3.24. The molecule has 142 valence electrons. The highest BCUT2D eigenvalue weighted by atomic mass is 16.6. The summed E-state index contributed by atoms with van der Waals surface area (Å²) < 4.78 is 5.88. The molecule has 0 aliphatic carbocycles. The zero-order valence-corrected chi connectivity index (χ0v) is 15.8. The van der Waals surface area contributed by atoms with Crippen molar-refractivity contribution < 1.29 is 9.34 Å². The van der Waals surface area contributed by atoms with E-state index in [-0.39, 0.29) is 5.69 Å². The highest BCUT2D eigenvalue weighted by molar-refractivity contribution is 5.89. The maximum absolute atomic E-state index is 11.3. The van der Waals surface area contributed by atoms with Crippen LogP contribution in [0.15, 0.2) is 52.9 Å². The molecular formula is C22H16N4O3. The number of nitrogens with one attached hydrogen (secondary N) is 1. The lowest BCUT2D eigenvalue weighted by Crippen LogP contribution is -1.95. The number of allylic oxidation sites excluding steroid dienone is 1. The van der Waals surface area contributed by atoms with Gasteiger partial charge >= 0.3 is 0 Å². The lowest BCUT2D eigenvalue weighted by molar-refractivity contribution is -0.385. The maximum Gasteiger partial charge on any atom is 0.273 e. The third-order valence-corrected chi connectivity index (χ3v) is 4.67. The van der Waals surface area contributed by atoms with Crippen LogP contribution in [0.1, 0.15) is 22.7 Å². The summed E-state index contributed by atoms with van der Waals surface area (Å²) in [6.45, 7) is 3.50. The van der Waals surface area contributed by atoms with Crippen molar-refractivity contribution in [2.75, 3.05) is 0 Å². The molecule has 0 radical (unpaired) electrons. The van der Waals surface area contributed by atoms with Gasteiger partial charge in [0.05, 0.1) is 21.5 Å². The minimum Gasteiger partial charge on any atom is -0.457 e. The first-order valence-electron chi connectivity index (χ1n) is 8.89. The van der Waals surface area contributed by atoms with Crippen molar-refractivity contribution in [3.63, 3.8) is 0 Å². The van der Waals surface area contributed by atoms with E-state index in [0.29, 0.717) is 34.0 Å². The van der Waals surface area contributed by atoms with E-state index in [9.17, 15) is 15.4 Å². The van der Waals surface area contributed by atoms with Crippen LogP contribution >= 0.6 is 0 Å². The molecule has 2 aromatic heterocycles. The Morgan fingerprint density at radius 3 is 2.76 bits per heavy atom. The Kier molecular flexibility index (Phi) is 4.45. The number of furan rings is 1. The molecule has 7 nitrogen and oxygen atoms in total. The number of aromatic amines is 1. The first-order valence-corrected chi connectivity index (χ1v) is 8.89. The summed E-state index contributed by atoms with van der Waals surface area (Å²) in [6.07, 6.45) is 1.60. The molecule has 0 unspecified atom stereocenters. The topological polar surface area (TPSA) is 109 Å². The van der Waals surface area contributed by atoms with Gasteiger partial charge in [-0.1, -0.05) is 12.1 Å². The molecule has 4 rings (SSSR count). The van der Waals surface area contributed by atoms with Gasteiger partial charge in [0.2, 0.25) is 0 Å². The van der Waals surface area contributed by atoms with Crippen molar-refractivity contribution >= 4 is 28.4 Å². The van der Waals surface area contributed by atoms with E-state index >= 15 is 0 Å². The molecule has 0 bridgehead atoms. The molecule has 1 N–H and O–H groups in total. The average Bonchev–Trinajstić information content (AvgIpc) is 3.34.